The lowest BCUT2D eigenvalue weighted by Gasteiger charge is -2.10. The van der Waals surface area contributed by atoms with Crippen LogP contribution < -0.4 is 0 Å². The fourth-order valence-electron chi connectivity index (χ4n) is 2.23. The fourth-order valence-corrected chi connectivity index (χ4v) is 2.40. The molecule has 1 atom stereocenters. The largest absolute Gasteiger partial charge is 0.327 e. The Balaban J connectivity index is 2.60. The van der Waals surface area contributed by atoms with E-state index in [1.165, 1.54) is 17.5 Å². The van der Waals surface area contributed by atoms with Crippen molar-refractivity contribution >= 4 is 22.6 Å². The summed E-state index contributed by atoms with van der Waals surface area (Å²) in [5, 5.41) is -0.0429. The highest BCUT2D eigenvalue weighted by Crippen LogP contribution is 2.26. The number of imidazole rings is 1. The van der Waals surface area contributed by atoms with Crippen molar-refractivity contribution in [2.24, 2.45) is 0 Å². The molecule has 0 fully saturated rings. The van der Waals surface area contributed by atoms with E-state index in [9.17, 15) is 0 Å². The average molecular weight is 251 g/mol. The maximum Gasteiger partial charge on any atom is 0.127 e. The molecule has 0 radical (unpaired) electrons. The third-order valence-corrected chi connectivity index (χ3v) is 3.28. The van der Waals surface area contributed by atoms with E-state index in [0.717, 1.165) is 24.3 Å². The van der Waals surface area contributed by atoms with Crippen LogP contribution in [0.25, 0.3) is 11.0 Å². The molecule has 1 aromatic heterocycles. The molecule has 0 N–H and O–H groups in total. The zero-order chi connectivity index (χ0) is 12.4. The van der Waals surface area contributed by atoms with E-state index >= 15 is 0 Å². The van der Waals surface area contributed by atoms with Crippen LogP contribution in [0.2, 0.25) is 0 Å². The predicted octanol–water partition coefficient (Wildman–Crippen LogP) is 4.44. The highest BCUT2D eigenvalue weighted by Gasteiger charge is 2.15. The summed E-state index contributed by atoms with van der Waals surface area (Å²) in [6.45, 7) is 7.33. The Morgan fingerprint density at radius 2 is 2.18 bits per heavy atom. The summed E-state index contributed by atoms with van der Waals surface area (Å²) in [6.07, 6.45) is 2.35. The van der Waals surface area contributed by atoms with Gasteiger partial charge in [0.25, 0.3) is 0 Å². The van der Waals surface area contributed by atoms with Gasteiger partial charge in [0.2, 0.25) is 0 Å². The van der Waals surface area contributed by atoms with E-state index in [2.05, 4.69) is 41.6 Å². The number of unbranched alkanes of at least 4 members (excludes halogenated alkanes) is 1. The minimum atomic E-state index is -0.0429. The molecule has 0 aliphatic rings. The van der Waals surface area contributed by atoms with Gasteiger partial charge in [0, 0.05) is 6.54 Å². The highest BCUT2D eigenvalue weighted by atomic mass is 35.5. The molecule has 2 rings (SSSR count). The van der Waals surface area contributed by atoms with Crippen LogP contribution in [-0.4, -0.2) is 9.55 Å². The van der Waals surface area contributed by atoms with E-state index in [0.29, 0.717) is 0 Å². The maximum absolute atomic E-state index is 6.23. The number of nitrogens with zero attached hydrogens (tertiary/aromatic N) is 2. The molecule has 0 amide bonds. The summed E-state index contributed by atoms with van der Waals surface area (Å²) in [5.74, 6) is 0.990. The van der Waals surface area contributed by atoms with Crippen molar-refractivity contribution in [1.29, 1.82) is 0 Å². The van der Waals surface area contributed by atoms with E-state index in [-0.39, 0.29) is 5.38 Å². The zero-order valence-electron chi connectivity index (χ0n) is 10.7. The van der Waals surface area contributed by atoms with Gasteiger partial charge in [-0.05, 0) is 31.9 Å². The van der Waals surface area contributed by atoms with Crippen LogP contribution in [0, 0.1) is 6.92 Å². The number of aromatic nitrogens is 2. The first-order valence-electron chi connectivity index (χ1n) is 6.25. The first-order valence-corrected chi connectivity index (χ1v) is 6.68. The maximum atomic E-state index is 6.23. The van der Waals surface area contributed by atoms with Crippen molar-refractivity contribution < 1.29 is 0 Å². The highest BCUT2D eigenvalue weighted by molar-refractivity contribution is 6.20. The van der Waals surface area contributed by atoms with Crippen LogP contribution in [0.1, 0.15) is 43.5 Å². The summed E-state index contributed by atoms with van der Waals surface area (Å²) in [5.41, 5.74) is 3.57. The molecule has 0 aliphatic heterocycles. The van der Waals surface area contributed by atoms with Gasteiger partial charge in [-0.25, -0.2) is 4.98 Å². The fraction of sp³-hybridized carbons (Fsp3) is 0.500. The molecule has 0 bridgehead atoms. The number of rotatable bonds is 4. The minimum absolute atomic E-state index is 0.0429. The molecule has 0 aliphatic carbocycles. The molecule has 2 aromatic rings. The van der Waals surface area contributed by atoms with E-state index in [1.54, 1.807) is 0 Å². The Kier molecular flexibility index (Phi) is 3.72. The lowest BCUT2D eigenvalue weighted by molar-refractivity contribution is 0.615. The van der Waals surface area contributed by atoms with Gasteiger partial charge in [0.1, 0.15) is 5.82 Å². The van der Waals surface area contributed by atoms with Crippen LogP contribution >= 0.6 is 11.6 Å². The van der Waals surface area contributed by atoms with Gasteiger partial charge >= 0.3 is 0 Å². The molecule has 17 heavy (non-hydrogen) atoms. The number of aryl methyl sites for hydroxylation is 2. The van der Waals surface area contributed by atoms with E-state index in [4.69, 9.17) is 11.6 Å². The van der Waals surface area contributed by atoms with Gasteiger partial charge in [0.15, 0.2) is 0 Å². The SMILES string of the molecule is CCCCn1c(C(C)Cl)nc2cccc(C)c21. The molecule has 0 saturated heterocycles. The van der Waals surface area contributed by atoms with Crippen LogP contribution in [0.4, 0.5) is 0 Å². The predicted molar refractivity (Wildman–Crippen MR) is 73.6 cm³/mol. The molecule has 92 valence electrons. The van der Waals surface area contributed by atoms with Gasteiger partial charge in [-0.15, -0.1) is 11.6 Å². The van der Waals surface area contributed by atoms with Gasteiger partial charge in [-0.2, -0.15) is 0 Å². The number of halogens is 1. The summed E-state index contributed by atoms with van der Waals surface area (Å²) in [4.78, 5) is 4.66. The molecule has 2 nitrogen and oxygen atoms in total. The summed E-state index contributed by atoms with van der Waals surface area (Å²) < 4.78 is 2.28. The Labute approximate surface area is 108 Å². The normalized spacial score (nSPS) is 13.2. The second kappa shape index (κ2) is 5.09. The van der Waals surface area contributed by atoms with E-state index < -0.39 is 0 Å². The summed E-state index contributed by atoms with van der Waals surface area (Å²) in [7, 11) is 0. The number of hydrogen-bond donors (Lipinski definition) is 0. The first kappa shape index (κ1) is 12.4. The van der Waals surface area contributed by atoms with Crippen molar-refractivity contribution in [3.63, 3.8) is 0 Å². The number of hydrogen-bond acceptors (Lipinski definition) is 1. The van der Waals surface area contributed by atoms with Gasteiger partial charge < -0.3 is 4.57 Å². The van der Waals surface area contributed by atoms with Crippen molar-refractivity contribution in [3.8, 4) is 0 Å². The van der Waals surface area contributed by atoms with Crippen LogP contribution in [0.5, 0.6) is 0 Å². The Bertz CT molecular complexity index is 514. The second-order valence-corrected chi connectivity index (χ2v) is 5.19. The topological polar surface area (TPSA) is 17.8 Å². The standard InChI is InChI=1S/C14H19ClN2/c1-4-5-9-17-13-10(2)7-6-8-12(13)16-14(17)11(3)15/h6-8,11H,4-5,9H2,1-3H3. The van der Waals surface area contributed by atoms with Gasteiger partial charge in [-0.3, -0.25) is 0 Å². The van der Waals surface area contributed by atoms with Crippen molar-refractivity contribution in [3.05, 3.63) is 29.6 Å². The lowest BCUT2D eigenvalue weighted by atomic mass is 10.2. The first-order chi connectivity index (χ1) is 8.15. The Morgan fingerprint density at radius 3 is 2.82 bits per heavy atom. The molecule has 1 heterocycles. The zero-order valence-corrected chi connectivity index (χ0v) is 11.5. The molecular formula is C14H19ClN2. The van der Waals surface area contributed by atoms with Gasteiger partial charge in [0.05, 0.1) is 16.4 Å². The lowest BCUT2D eigenvalue weighted by Crippen LogP contribution is -2.05. The number of para-hydroxylation sites is 1. The molecule has 1 aromatic carbocycles. The van der Waals surface area contributed by atoms with Crippen molar-refractivity contribution in [2.45, 2.75) is 45.5 Å². The second-order valence-electron chi connectivity index (χ2n) is 4.53. The molecular weight excluding hydrogens is 232 g/mol. The third-order valence-electron chi connectivity index (χ3n) is 3.09. The molecule has 3 heteroatoms. The Hall–Kier alpha value is -1.02. The molecule has 0 spiro atoms. The van der Waals surface area contributed by atoms with Crippen molar-refractivity contribution in [2.75, 3.05) is 0 Å². The van der Waals surface area contributed by atoms with E-state index in [1.807, 2.05) is 6.92 Å². The molecule has 1 unspecified atom stereocenters. The third kappa shape index (κ3) is 2.32. The molecule has 0 saturated carbocycles. The number of benzene rings is 1. The Morgan fingerprint density at radius 1 is 1.41 bits per heavy atom. The smallest absolute Gasteiger partial charge is 0.127 e. The summed E-state index contributed by atoms with van der Waals surface area (Å²) in [6, 6.07) is 6.25. The minimum Gasteiger partial charge on any atom is -0.327 e. The van der Waals surface area contributed by atoms with Crippen LogP contribution in [0.3, 0.4) is 0 Å². The number of fused-ring (bicyclic) bond motifs is 1. The van der Waals surface area contributed by atoms with Gasteiger partial charge in [-0.1, -0.05) is 25.5 Å². The monoisotopic (exact) mass is 250 g/mol. The quantitative estimate of drug-likeness (QED) is 0.734. The number of alkyl halides is 1. The van der Waals surface area contributed by atoms with Crippen molar-refractivity contribution in [1.82, 2.24) is 9.55 Å². The van der Waals surface area contributed by atoms with Crippen LogP contribution in [-0.2, 0) is 6.54 Å². The van der Waals surface area contributed by atoms with Crippen LogP contribution in [0.15, 0.2) is 18.2 Å². The summed E-state index contributed by atoms with van der Waals surface area (Å²) >= 11 is 6.23. The average Bonchev–Trinajstić information content (AvgIpc) is 2.66.